The number of nitrogens with one attached hydrogen (secondary N) is 1. The lowest BCUT2D eigenvalue weighted by molar-refractivity contribution is -0.139. The molecule has 0 aromatic heterocycles. The number of carbonyl (C=O) groups is 2. The Morgan fingerprint density at radius 2 is 1.79 bits per heavy atom. The quantitative estimate of drug-likeness (QED) is 0.555. The van der Waals surface area contributed by atoms with Gasteiger partial charge in [-0.1, -0.05) is 18.2 Å². The summed E-state index contributed by atoms with van der Waals surface area (Å²) in [5.74, 6) is -1.18. The van der Waals surface area contributed by atoms with Crippen molar-refractivity contribution in [1.82, 2.24) is 10.2 Å². The van der Waals surface area contributed by atoms with E-state index in [0.717, 1.165) is 15.5 Å². The Labute approximate surface area is 193 Å². The van der Waals surface area contributed by atoms with Gasteiger partial charge in [0.05, 0.1) is 26.2 Å². The van der Waals surface area contributed by atoms with Crippen molar-refractivity contribution in [2.75, 3.05) is 38.4 Å². The zero-order valence-corrected chi connectivity index (χ0v) is 20.0. The average Bonchev–Trinajstić information content (AvgIpc) is 2.79. The van der Waals surface area contributed by atoms with Gasteiger partial charge >= 0.3 is 0 Å². The van der Waals surface area contributed by atoms with Gasteiger partial charge in [-0.05, 0) is 25.1 Å². The summed E-state index contributed by atoms with van der Waals surface area (Å²) in [7, 11) is 0.236. The summed E-state index contributed by atoms with van der Waals surface area (Å²) >= 11 is 0. The summed E-state index contributed by atoms with van der Waals surface area (Å²) in [5, 5.41) is 2.45. The standard InChI is InChI=1S/C22H28FN3O6S/c1-15(22(28)24-2)25(13-16-8-6-7-9-18(16)23)21(27)14-26(33(5,29)30)19-12-17(31-3)10-11-20(19)32-4/h6-12,15H,13-14H2,1-5H3,(H,24,28)/t15-/m1/s1. The third kappa shape index (κ3) is 6.35. The number of benzene rings is 2. The molecule has 2 amide bonds. The smallest absolute Gasteiger partial charge is 0.244 e. The van der Waals surface area contributed by atoms with Gasteiger partial charge in [-0.3, -0.25) is 13.9 Å². The highest BCUT2D eigenvalue weighted by molar-refractivity contribution is 7.92. The largest absolute Gasteiger partial charge is 0.497 e. The minimum atomic E-state index is -3.96. The summed E-state index contributed by atoms with van der Waals surface area (Å²) in [4.78, 5) is 26.8. The second-order valence-electron chi connectivity index (χ2n) is 7.21. The number of likely N-dealkylation sites (N-methyl/N-ethyl adjacent to an activating group) is 1. The first-order chi connectivity index (χ1) is 15.5. The second kappa shape index (κ2) is 11.0. The van der Waals surface area contributed by atoms with Crippen LogP contribution in [0.1, 0.15) is 12.5 Å². The van der Waals surface area contributed by atoms with E-state index in [0.29, 0.717) is 5.75 Å². The molecule has 0 bridgehead atoms. The van der Waals surface area contributed by atoms with Crippen molar-refractivity contribution in [1.29, 1.82) is 0 Å². The van der Waals surface area contributed by atoms with Gasteiger partial charge < -0.3 is 19.7 Å². The fraction of sp³-hybridized carbons (Fsp3) is 0.364. The number of ether oxygens (including phenoxy) is 2. The van der Waals surface area contributed by atoms with E-state index in [1.807, 2.05) is 0 Å². The highest BCUT2D eigenvalue weighted by Crippen LogP contribution is 2.34. The number of hydrogen-bond acceptors (Lipinski definition) is 6. The normalized spacial score (nSPS) is 11.9. The van der Waals surface area contributed by atoms with Gasteiger partial charge in [0.1, 0.15) is 29.9 Å². The summed E-state index contributed by atoms with van der Waals surface area (Å²) in [6.45, 7) is 0.611. The van der Waals surface area contributed by atoms with Gasteiger partial charge in [0.15, 0.2) is 0 Å². The van der Waals surface area contributed by atoms with Gasteiger partial charge in [-0.15, -0.1) is 0 Å². The monoisotopic (exact) mass is 481 g/mol. The zero-order chi connectivity index (χ0) is 24.8. The lowest BCUT2D eigenvalue weighted by Crippen LogP contribution is -2.50. The first-order valence-electron chi connectivity index (χ1n) is 9.97. The van der Waals surface area contributed by atoms with Crippen LogP contribution in [-0.2, 0) is 26.2 Å². The molecule has 2 aromatic carbocycles. The second-order valence-corrected chi connectivity index (χ2v) is 9.12. The van der Waals surface area contributed by atoms with Crippen LogP contribution in [-0.4, -0.2) is 65.2 Å². The molecule has 33 heavy (non-hydrogen) atoms. The van der Waals surface area contributed by atoms with E-state index in [1.54, 1.807) is 12.1 Å². The number of halogens is 1. The van der Waals surface area contributed by atoms with Crippen LogP contribution in [0, 0.1) is 5.82 Å². The molecule has 0 radical (unpaired) electrons. The van der Waals surface area contributed by atoms with E-state index in [-0.39, 0.29) is 23.5 Å². The predicted octanol–water partition coefficient (Wildman–Crippen LogP) is 1.77. The third-order valence-corrected chi connectivity index (χ3v) is 6.17. The molecule has 0 saturated carbocycles. The molecule has 1 atom stereocenters. The number of carbonyl (C=O) groups excluding carboxylic acids is 2. The maximum Gasteiger partial charge on any atom is 0.244 e. The van der Waals surface area contributed by atoms with E-state index in [2.05, 4.69) is 5.32 Å². The van der Waals surface area contributed by atoms with Crippen molar-refractivity contribution in [2.45, 2.75) is 19.5 Å². The predicted molar refractivity (Wildman–Crippen MR) is 122 cm³/mol. The lowest BCUT2D eigenvalue weighted by atomic mass is 10.1. The van der Waals surface area contributed by atoms with Crippen LogP contribution in [0.4, 0.5) is 10.1 Å². The van der Waals surface area contributed by atoms with Crippen molar-refractivity contribution in [2.24, 2.45) is 0 Å². The molecule has 0 spiro atoms. The molecule has 11 heteroatoms. The molecule has 0 unspecified atom stereocenters. The van der Waals surface area contributed by atoms with Crippen LogP contribution in [0.3, 0.4) is 0 Å². The molecular formula is C22H28FN3O6S. The number of methoxy groups -OCH3 is 2. The molecule has 0 aliphatic rings. The topological polar surface area (TPSA) is 105 Å². The molecule has 0 aliphatic heterocycles. The number of rotatable bonds is 10. The zero-order valence-electron chi connectivity index (χ0n) is 19.2. The Morgan fingerprint density at radius 1 is 1.12 bits per heavy atom. The molecule has 0 fully saturated rings. The molecule has 9 nitrogen and oxygen atoms in total. The summed E-state index contributed by atoms with van der Waals surface area (Å²) in [5.41, 5.74) is 0.276. The maximum atomic E-state index is 14.3. The van der Waals surface area contributed by atoms with Gasteiger partial charge in [0, 0.05) is 25.2 Å². The Morgan fingerprint density at radius 3 is 2.33 bits per heavy atom. The first-order valence-corrected chi connectivity index (χ1v) is 11.8. The molecule has 180 valence electrons. The molecule has 2 rings (SSSR count). The number of sulfonamides is 1. The Kier molecular flexibility index (Phi) is 8.63. The minimum absolute atomic E-state index is 0.0890. The maximum absolute atomic E-state index is 14.3. The van der Waals surface area contributed by atoms with Crippen LogP contribution >= 0.6 is 0 Å². The van der Waals surface area contributed by atoms with Gasteiger partial charge in [-0.25, -0.2) is 12.8 Å². The molecule has 0 heterocycles. The average molecular weight is 482 g/mol. The van der Waals surface area contributed by atoms with Crippen LogP contribution < -0.4 is 19.1 Å². The van der Waals surface area contributed by atoms with Crippen LogP contribution in [0.15, 0.2) is 42.5 Å². The Bertz CT molecular complexity index is 1110. The van der Waals surface area contributed by atoms with Crippen molar-refractivity contribution < 1.29 is 31.9 Å². The Balaban J connectivity index is 2.49. The molecule has 0 saturated heterocycles. The van der Waals surface area contributed by atoms with E-state index in [4.69, 9.17) is 9.47 Å². The summed E-state index contributed by atoms with van der Waals surface area (Å²) in [6.07, 6.45) is 0.947. The van der Waals surface area contributed by atoms with Gasteiger partial charge in [0.25, 0.3) is 0 Å². The SMILES string of the molecule is CNC(=O)[C@@H](C)N(Cc1ccccc1F)C(=O)CN(c1cc(OC)ccc1OC)S(C)(=O)=O. The van der Waals surface area contributed by atoms with Gasteiger partial charge in [0.2, 0.25) is 21.8 Å². The molecule has 0 aliphatic carbocycles. The van der Waals surface area contributed by atoms with Crippen molar-refractivity contribution >= 4 is 27.5 Å². The van der Waals surface area contributed by atoms with E-state index in [9.17, 15) is 22.4 Å². The van der Waals surface area contributed by atoms with Crippen LogP contribution in [0.25, 0.3) is 0 Å². The van der Waals surface area contributed by atoms with E-state index < -0.39 is 40.2 Å². The lowest BCUT2D eigenvalue weighted by Gasteiger charge is -2.31. The first kappa shape index (κ1) is 25.9. The van der Waals surface area contributed by atoms with Gasteiger partial charge in [-0.2, -0.15) is 0 Å². The van der Waals surface area contributed by atoms with Crippen molar-refractivity contribution in [3.8, 4) is 11.5 Å². The van der Waals surface area contributed by atoms with E-state index in [1.165, 1.54) is 58.5 Å². The number of nitrogens with zero attached hydrogens (tertiary/aromatic N) is 2. The highest BCUT2D eigenvalue weighted by atomic mass is 32.2. The fourth-order valence-corrected chi connectivity index (χ4v) is 4.03. The molecular weight excluding hydrogens is 453 g/mol. The highest BCUT2D eigenvalue weighted by Gasteiger charge is 2.31. The Hall–Kier alpha value is -3.34. The van der Waals surface area contributed by atoms with Crippen molar-refractivity contribution in [3.05, 3.63) is 53.8 Å². The van der Waals surface area contributed by atoms with Crippen molar-refractivity contribution in [3.63, 3.8) is 0 Å². The third-order valence-electron chi connectivity index (χ3n) is 5.05. The molecule has 2 aromatic rings. The number of anilines is 1. The number of amides is 2. The summed E-state index contributed by atoms with van der Waals surface area (Å²) < 4.78 is 50.9. The van der Waals surface area contributed by atoms with Crippen LogP contribution in [0.5, 0.6) is 11.5 Å². The minimum Gasteiger partial charge on any atom is -0.497 e. The summed E-state index contributed by atoms with van der Waals surface area (Å²) in [6, 6.07) is 9.39. The molecule has 1 N–H and O–H groups in total. The number of hydrogen-bond donors (Lipinski definition) is 1. The van der Waals surface area contributed by atoms with Crippen LogP contribution in [0.2, 0.25) is 0 Å². The fourth-order valence-electron chi connectivity index (χ4n) is 3.19. The van der Waals surface area contributed by atoms with E-state index >= 15 is 0 Å².